The lowest BCUT2D eigenvalue weighted by Crippen LogP contribution is -1.91. The van der Waals surface area contributed by atoms with Gasteiger partial charge in [0.15, 0.2) is 28.8 Å². The first kappa shape index (κ1) is 17.9. The smallest absolute Gasteiger partial charge is 0.186 e. The van der Waals surface area contributed by atoms with E-state index in [0.717, 1.165) is 11.1 Å². The van der Waals surface area contributed by atoms with Gasteiger partial charge >= 0.3 is 0 Å². The zero-order valence-corrected chi connectivity index (χ0v) is 15.6. The molecule has 0 bridgehead atoms. The van der Waals surface area contributed by atoms with E-state index in [1.54, 1.807) is 52.7 Å². The van der Waals surface area contributed by atoms with Crippen molar-refractivity contribution in [1.82, 2.24) is 5.16 Å². The van der Waals surface area contributed by atoms with Crippen LogP contribution in [-0.2, 0) is 0 Å². The Morgan fingerprint density at radius 2 is 1.23 bits per heavy atom. The molecule has 0 saturated heterocycles. The number of hydrogen-bond acceptors (Lipinski definition) is 6. The van der Waals surface area contributed by atoms with Gasteiger partial charge in [-0.1, -0.05) is 16.8 Å². The van der Waals surface area contributed by atoms with E-state index in [0.29, 0.717) is 39.5 Å². The number of nitrogens with zero attached hydrogens (tertiary/aromatic N) is 1. The van der Waals surface area contributed by atoms with Crippen molar-refractivity contribution in [2.24, 2.45) is 0 Å². The second-order valence-corrected chi connectivity index (χ2v) is 5.69. The monoisotopic (exact) mass is 375 g/mol. The number of hydrogen-bond donors (Lipinski definition) is 0. The average molecular weight is 376 g/mol. The summed E-state index contributed by atoms with van der Waals surface area (Å²) in [7, 11) is 6.30. The highest BCUT2D eigenvalue weighted by Gasteiger charge is 2.20. The SMILES string of the molecule is COc1ccc(-c2noc(-c3ccc(OC)c(OC)c3)c2Cl)cc1OC. The fourth-order valence-electron chi connectivity index (χ4n) is 2.60. The maximum Gasteiger partial charge on any atom is 0.186 e. The molecule has 0 aliphatic rings. The molecule has 0 amide bonds. The number of rotatable bonds is 6. The normalized spacial score (nSPS) is 10.5. The van der Waals surface area contributed by atoms with Crippen LogP contribution < -0.4 is 18.9 Å². The maximum absolute atomic E-state index is 6.53. The molecule has 0 fully saturated rings. The van der Waals surface area contributed by atoms with Gasteiger partial charge in [-0.3, -0.25) is 0 Å². The quantitative estimate of drug-likeness (QED) is 0.622. The Labute approximate surface area is 156 Å². The van der Waals surface area contributed by atoms with Crippen LogP contribution >= 0.6 is 11.6 Å². The van der Waals surface area contributed by atoms with Gasteiger partial charge in [-0.2, -0.15) is 0 Å². The Kier molecular flexibility index (Phi) is 5.23. The highest BCUT2D eigenvalue weighted by Crippen LogP contribution is 2.41. The minimum absolute atomic E-state index is 0.393. The van der Waals surface area contributed by atoms with Crippen LogP contribution in [0.3, 0.4) is 0 Å². The van der Waals surface area contributed by atoms with Crippen molar-refractivity contribution < 1.29 is 23.5 Å². The van der Waals surface area contributed by atoms with Crippen LogP contribution in [0, 0.1) is 0 Å². The zero-order chi connectivity index (χ0) is 18.7. The topological polar surface area (TPSA) is 63.0 Å². The van der Waals surface area contributed by atoms with Crippen LogP contribution in [0.1, 0.15) is 0 Å². The third kappa shape index (κ3) is 3.15. The van der Waals surface area contributed by atoms with E-state index in [-0.39, 0.29) is 0 Å². The Morgan fingerprint density at radius 1 is 0.731 bits per heavy atom. The molecule has 2 aromatic carbocycles. The molecule has 0 spiro atoms. The summed E-state index contributed by atoms with van der Waals surface area (Å²) in [5, 5.41) is 4.51. The Balaban J connectivity index is 2.03. The molecule has 0 aliphatic carbocycles. The van der Waals surface area contributed by atoms with Crippen LogP contribution in [0.25, 0.3) is 22.6 Å². The van der Waals surface area contributed by atoms with Crippen LogP contribution in [-0.4, -0.2) is 33.6 Å². The number of aromatic nitrogens is 1. The summed E-state index contributed by atoms with van der Waals surface area (Å²) < 4.78 is 26.6. The first-order chi connectivity index (χ1) is 12.6. The number of benzene rings is 2. The molecule has 1 aromatic heterocycles. The van der Waals surface area contributed by atoms with E-state index in [4.69, 9.17) is 35.1 Å². The highest BCUT2D eigenvalue weighted by atomic mass is 35.5. The Morgan fingerprint density at radius 3 is 1.77 bits per heavy atom. The molecule has 3 rings (SSSR count). The number of ether oxygens (including phenoxy) is 4. The summed E-state index contributed by atoms with van der Waals surface area (Å²) in [6.45, 7) is 0. The molecule has 26 heavy (non-hydrogen) atoms. The molecule has 7 heteroatoms. The molecule has 136 valence electrons. The molecule has 0 unspecified atom stereocenters. The van der Waals surface area contributed by atoms with Crippen LogP contribution in [0.15, 0.2) is 40.9 Å². The van der Waals surface area contributed by atoms with Gasteiger partial charge in [0.1, 0.15) is 10.7 Å². The molecule has 3 aromatic rings. The molecular weight excluding hydrogens is 358 g/mol. The molecule has 0 atom stereocenters. The largest absolute Gasteiger partial charge is 0.493 e. The molecule has 1 heterocycles. The van der Waals surface area contributed by atoms with Gasteiger partial charge in [0.05, 0.1) is 28.4 Å². The summed E-state index contributed by atoms with van der Waals surface area (Å²) in [5.41, 5.74) is 1.99. The van der Waals surface area contributed by atoms with Crippen molar-refractivity contribution in [2.45, 2.75) is 0 Å². The molecule has 0 saturated carbocycles. The summed E-state index contributed by atoms with van der Waals surface area (Å²) in [6, 6.07) is 10.8. The van der Waals surface area contributed by atoms with E-state index in [1.165, 1.54) is 0 Å². The van der Waals surface area contributed by atoms with Gasteiger partial charge in [-0.25, -0.2) is 0 Å². The Bertz CT molecular complexity index is 849. The third-order valence-electron chi connectivity index (χ3n) is 3.94. The van der Waals surface area contributed by atoms with Crippen molar-refractivity contribution in [3.8, 4) is 45.6 Å². The summed E-state index contributed by atoms with van der Waals surface area (Å²) in [4.78, 5) is 0. The van der Waals surface area contributed by atoms with Gasteiger partial charge in [-0.15, -0.1) is 0 Å². The lowest BCUT2D eigenvalue weighted by molar-refractivity contribution is 0.355. The standard InChI is InChI=1S/C19H18ClNO5/c1-22-13-7-5-11(9-15(13)24-3)18-17(20)19(26-21-18)12-6-8-14(23-2)16(10-12)25-4/h5-10H,1-4H3. The summed E-state index contributed by atoms with van der Waals surface area (Å²) >= 11 is 6.53. The van der Waals surface area contributed by atoms with E-state index in [1.807, 2.05) is 12.1 Å². The van der Waals surface area contributed by atoms with Crippen molar-refractivity contribution in [1.29, 1.82) is 0 Å². The molecular formula is C19H18ClNO5. The summed E-state index contributed by atoms with van der Waals surface area (Å²) in [5.74, 6) is 2.84. The molecule has 0 radical (unpaired) electrons. The number of methoxy groups -OCH3 is 4. The fraction of sp³-hybridized carbons (Fsp3) is 0.211. The second kappa shape index (κ2) is 7.58. The first-order valence-electron chi connectivity index (χ1n) is 7.72. The van der Waals surface area contributed by atoms with Crippen LogP contribution in [0.4, 0.5) is 0 Å². The molecule has 6 nitrogen and oxygen atoms in total. The minimum atomic E-state index is 0.393. The fourth-order valence-corrected chi connectivity index (χ4v) is 2.89. The van der Waals surface area contributed by atoms with Crippen molar-refractivity contribution in [3.05, 3.63) is 41.4 Å². The molecule has 0 aliphatic heterocycles. The Hall–Kier alpha value is -2.86. The van der Waals surface area contributed by atoms with E-state index < -0.39 is 0 Å². The lowest BCUT2D eigenvalue weighted by Gasteiger charge is -2.09. The predicted octanol–water partition coefficient (Wildman–Crippen LogP) is 4.70. The maximum atomic E-state index is 6.53. The van der Waals surface area contributed by atoms with Crippen molar-refractivity contribution in [2.75, 3.05) is 28.4 Å². The van der Waals surface area contributed by atoms with Gasteiger partial charge in [0, 0.05) is 11.1 Å². The van der Waals surface area contributed by atoms with Crippen molar-refractivity contribution >= 4 is 11.6 Å². The zero-order valence-electron chi connectivity index (χ0n) is 14.8. The summed E-state index contributed by atoms with van der Waals surface area (Å²) in [6.07, 6.45) is 0. The van der Waals surface area contributed by atoms with E-state index in [2.05, 4.69) is 5.16 Å². The average Bonchev–Trinajstić information content (AvgIpc) is 3.08. The minimum Gasteiger partial charge on any atom is -0.493 e. The van der Waals surface area contributed by atoms with Gasteiger partial charge < -0.3 is 23.5 Å². The van der Waals surface area contributed by atoms with Crippen LogP contribution in [0.2, 0.25) is 5.02 Å². The van der Waals surface area contributed by atoms with Crippen LogP contribution in [0.5, 0.6) is 23.0 Å². The van der Waals surface area contributed by atoms with Gasteiger partial charge in [0.25, 0.3) is 0 Å². The van der Waals surface area contributed by atoms with E-state index >= 15 is 0 Å². The van der Waals surface area contributed by atoms with Crippen molar-refractivity contribution in [3.63, 3.8) is 0 Å². The third-order valence-corrected chi connectivity index (χ3v) is 4.29. The second-order valence-electron chi connectivity index (χ2n) is 5.31. The first-order valence-corrected chi connectivity index (χ1v) is 8.10. The highest BCUT2D eigenvalue weighted by molar-refractivity contribution is 6.35. The van der Waals surface area contributed by atoms with E-state index in [9.17, 15) is 0 Å². The van der Waals surface area contributed by atoms with Gasteiger partial charge in [0.2, 0.25) is 0 Å². The number of halogens is 1. The predicted molar refractivity (Wildman–Crippen MR) is 98.6 cm³/mol. The molecule has 0 N–H and O–H groups in total. The lowest BCUT2D eigenvalue weighted by atomic mass is 10.1. The van der Waals surface area contributed by atoms with Gasteiger partial charge in [-0.05, 0) is 36.4 Å².